The molecule has 0 aromatic carbocycles. The minimum Gasteiger partial charge on any atom is -0.370 e. The molecule has 0 N–H and O–H groups in total. The summed E-state index contributed by atoms with van der Waals surface area (Å²) in [6.45, 7) is 4.20. The number of halogens is 3. The number of rotatable bonds is 3. The number of carbonyl (C=O) groups excluding carboxylic acids is 1. The van der Waals surface area contributed by atoms with E-state index in [9.17, 15) is 18.0 Å². The quantitative estimate of drug-likeness (QED) is 0.793. The van der Waals surface area contributed by atoms with Crippen LogP contribution in [-0.2, 0) is 11.3 Å². The standard InChI is InChI=1S/C11H14F3N3O2/c1-10(2)4-3-7(19-10)5-17-6-8(15-16-17)9(18)11(12,13)14/h6-7H,3-5H2,1-2H3. The molecule has 0 aliphatic carbocycles. The first-order valence-corrected chi connectivity index (χ1v) is 5.87. The Labute approximate surface area is 107 Å². The lowest BCUT2D eigenvalue weighted by Crippen LogP contribution is -2.23. The van der Waals surface area contributed by atoms with Gasteiger partial charge in [0.1, 0.15) is 0 Å². The highest BCUT2D eigenvalue weighted by molar-refractivity contribution is 5.98. The Morgan fingerprint density at radius 2 is 2.26 bits per heavy atom. The third-order valence-electron chi connectivity index (χ3n) is 2.97. The van der Waals surface area contributed by atoms with Gasteiger partial charge in [0.05, 0.1) is 24.4 Å². The number of Topliss-reactive ketones (excluding diaryl/α,β-unsaturated/α-hetero) is 1. The second-order valence-corrected chi connectivity index (χ2v) is 5.19. The number of carbonyl (C=O) groups is 1. The van der Waals surface area contributed by atoms with Crippen LogP contribution in [0.3, 0.4) is 0 Å². The largest absolute Gasteiger partial charge is 0.456 e. The van der Waals surface area contributed by atoms with Crippen LogP contribution >= 0.6 is 0 Å². The van der Waals surface area contributed by atoms with Crippen LogP contribution in [0.2, 0.25) is 0 Å². The van der Waals surface area contributed by atoms with Gasteiger partial charge in [0.2, 0.25) is 0 Å². The molecule has 0 spiro atoms. The van der Waals surface area contributed by atoms with Crippen molar-refractivity contribution < 1.29 is 22.7 Å². The Hall–Kier alpha value is -1.44. The van der Waals surface area contributed by atoms with Gasteiger partial charge >= 0.3 is 6.18 Å². The summed E-state index contributed by atoms with van der Waals surface area (Å²) in [5, 5.41) is 6.78. The molecule has 0 bridgehead atoms. The Bertz CT molecular complexity index is 482. The first-order valence-electron chi connectivity index (χ1n) is 5.87. The molecular formula is C11H14F3N3O2. The van der Waals surface area contributed by atoms with Gasteiger partial charge in [-0.05, 0) is 26.7 Å². The third kappa shape index (κ3) is 3.31. The number of ether oxygens (including phenoxy) is 1. The van der Waals surface area contributed by atoms with E-state index in [-0.39, 0.29) is 11.7 Å². The van der Waals surface area contributed by atoms with Gasteiger partial charge in [-0.25, -0.2) is 4.68 Å². The number of aromatic nitrogens is 3. The van der Waals surface area contributed by atoms with Crippen molar-refractivity contribution in [2.24, 2.45) is 0 Å². The van der Waals surface area contributed by atoms with Gasteiger partial charge in [-0.2, -0.15) is 13.2 Å². The molecule has 19 heavy (non-hydrogen) atoms. The summed E-state index contributed by atoms with van der Waals surface area (Å²) >= 11 is 0. The summed E-state index contributed by atoms with van der Waals surface area (Å²) < 4.78 is 43.5. The fourth-order valence-electron chi connectivity index (χ4n) is 2.05. The molecule has 1 aliphatic heterocycles. The van der Waals surface area contributed by atoms with Crippen molar-refractivity contribution in [3.63, 3.8) is 0 Å². The maximum absolute atomic E-state index is 12.2. The van der Waals surface area contributed by atoms with Crippen LogP contribution < -0.4 is 0 Å². The van der Waals surface area contributed by atoms with Crippen molar-refractivity contribution in [3.05, 3.63) is 11.9 Å². The molecule has 5 nitrogen and oxygen atoms in total. The molecule has 0 radical (unpaired) electrons. The SMILES string of the molecule is CC1(C)CCC(Cn2cc(C(=O)C(F)(F)F)nn2)O1. The lowest BCUT2D eigenvalue weighted by atomic mass is 10.1. The van der Waals surface area contributed by atoms with Crippen LogP contribution in [0.25, 0.3) is 0 Å². The predicted octanol–water partition coefficient (Wildman–Crippen LogP) is 1.98. The van der Waals surface area contributed by atoms with Gasteiger partial charge in [0.15, 0.2) is 5.69 Å². The summed E-state index contributed by atoms with van der Waals surface area (Å²) in [5.41, 5.74) is -0.916. The number of nitrogens with zero attached hydrogens (tertiary/aromatic N) is 3. The molecule has 1 atom stereocenters. The molecule has 1 unspecified atom stereocenters. The highest BCUT2D eigenvalue weighted by atomic mass is 19.4. The maximum atomic E-state index is 12.2. The Kier molecular flexibility index (Phi) is 3.38. The van der Waals surface area contributed by atoms with Crippen LogP contribution in [0.5, 0.6) is 0 Å². The van der Waals surface area contributed by atoms with E-state index in [0.717, 1.165) is 19.0 Å². The normalized spacial score (nSPS) is 22.7. The zero-order valence-electron chi connectivity index (χ0n) is 10.6. The Morgan fingerprint density at radius 3 is 2.79 bits per heavy atom. The van der Waals surface area contributed by atoms with E-state index in [0.29, 0.717) is 6.54 Å². The van der Waals surface area contributed by atoms with Crippen molar-refractivity contribution >= 4 is 5.78 Å². The van der Waals surface area contributed by atoms with Crippen molar-refractivity contribution in [2.75, 3.05) is 0 Å². The van der Waals surface area contributed by atoms with Crippen LogP contribution in [0.1, 0.15) is 37.2 Å². The van der Waals surface area contributed by atoms with E-state index in [1.54, 1.807) is 0 Å². The van der Waals surface area contributed by atoms with Crippen LogP contribution in [-0.4, -0.2) is 38.7 Å². The molecule has 1 aliphatic rings. The molecule has 1 aromatic heterocycles. The van der Waals surface area contributed by atoms with Crippen LogP contribution in [0.4, 0.5) is 13.2 Å². The molecule has 1 fully saturated rings. The minimum atomic E-state index is -4.92. The molecule has 1 saturated heterocycles. The fraction of sp³-hybridized carbons (Fsp3) is 0.727. The molecule has 106 valence electrons. The summed E-state index contributed by atoms with van der Waals surface area (Å²) in [6.07, 6.45) is -2.36. The van der Waals surface area contributed by atoms with E-state index in [1.165, 1.54) is 4.68 Å². The number of hydrogen-bond donors (Lipinski definition) is 0. The van der Waals surface area contributed by atoms with E-state index in [4.69, 9.17) is 4.74 Å². The van der Waals surface area contributed by atoms with Crippen molar-refractivity contribution in [1.82, 2.24) is 15.0 Å². The smallest absolute Gasteiger partial charge is 0.370 e. The Morgan fingerprint density at radius 1 is 1.58 bits per heavy atom. The summed E-state index contributed by atoms with van der Waals surface area (Å²) in [6, 6.07) is 0. The first-order chi connectivity index (χ1) is 8.67. The van der Waals surface area contributed by atoms with E-state index in [1.807, 2.05) is 13.8 Å². The highest BCUT2D eigenvalue weighted by Crippen LogP contribution is 2.30. The zero-order chi connectivity index (χ0) is 14.3. The minimum absolute atomic E-state index is 0.120. The zero-order valence-corrected chi connectivity index (χ0v) is 10.6. The van der Waals surface area contributed by atoms with Crippen LogP contribution in [0, 0.1) is 0 Å². The average molecular weight is 277 g/mol. The van der Waals surface area contributed by atoms with Gasteiger partial charge in [0.25, 0.3) is 5.78 Å². The monoisotopic (exact) mass is 277 g/mol. The summed E-state index contributed by atoms with van der Waals surface area (Å²) in [4.78, 5) is 10.9. The van der Waals surface area contributed by atoms with E-state index >= 15 is 0 Å². The third-order valence-corrected chi connectivity index (χ3v) is 2.97. The second kappa shape index (κ2) is 4.59. The molecule has 0 amide bonds. The molecular weight excluding hydrogens is 263 g/mol. The number of ketones is 1. The highest BCUT2D eigenvalue weighted by Gasteiger charge is 2.41. The summed E-state index contributed by atoms with van der Waals surface area (Å²) in [7, 11) is 0. The van der Waals surface area contributed by atoms with Gasteiger partial charge in [-0.15, -0.1) is 5.10 Å². The topological polar surface area (TPSA) is 57.0 Å². The lowest BCUT2D eigenvalue weighted by Gasteiger charge is -2.18. The predicted molar refractivity (Wildman–Crippen MR) is 58.6 cm³/mol. The van der Waals surface area contributed by atoms with Crippen molar-refractivity contribution in [1.29, 1.82) is 0 Å². The maximum Gasteiger partial charge on any atom is 0.456 e. The number of hydrogen-bond acceptors (Lipinski definition) is 4. The van der Waals surface area contributed by atoms with E-state index < -0.39 is 17.7 Å². The lowest BCUT2D eigenvalue weighted by molar-refractivity contribution is -0.0888. The first kappa shape index (κ1) is 14.0. The van der Waals surface area contributed by atoms with Gasteiger partial charge in [-0.1, -0.05) is 5.21 Å². The fourth-order valence-corrected chi connectivity index (χ4v) is 2.05. The molecule has 1 aromatic rings. The molecule has 2 heterocycles. The molecule has 8 heteroatoms. The van der Waals surface area contributed by atoms with Crippen LogP contribution in [0.15, 0.2) is 6.20 Å². The van der Waals surface area contributed by atoms with Gasteiger partial charge in [-0.3, -0.25) is 4.79 Å². The summed E-state index contributed by atoms with van der Waals surface area (Å²) in [5.74, 6) is -1.98. The van der Waals surface area contributed by atoms with E-state index in [2.05, 4.69) is 10.3 Å². The number of alkyl halides is 3. The Balaban J connectivity index is 2.01. The van der Waals surface area contributed by atoms with Gasteiger partial charge < -0.3 is 4.74 Å². The van der Waals surface area contributed by atoms with Crippen molar-refractivity contribution in [2.45, 2.75) is 51.1 Å². The van der Waals surface area contributed by atoms with Gasteiger partial charge in [0, 0.05) is 0 Å². The molecule has 0 saturated carbocycles. The average Bonchev–Trinajstić information content (AvgIpc) is 2.83. The van der Waals surface area contributed by atoms with Crippen molar-refractivity contribution in [3.8, 4) is 0 Å². The second-order valence-electron chi connectivity index (χ2n) is 5.19. The molecule has 2 rings (SSSR count).